The highest BCUT2D eigenvalue weighted by atomic mass is 19.1. The van der Waals surface area contributed by atoms with Crippen LogP contribution in [-0.4, -0.2) is 36.9 Å². The average Bonchev–Trinajstić information content (AvgIpc) is 2.94. The van der Waals surface area contributed by atoms with E-state index in [9.17, 15) is 14.0 Å². The summed E-state index contributed by atoms with van der Waals surface area (Å²) in [5, 5.41) is 14.0. The van der Waals surface area contributed by atoms with Gasteiger partial charge in [0.25, 0.3) is 0 Å². The highest BCUT2D eigenvalue weighted by molar-refractivity contribution is 5.93. The van der Waals surface area contributed by atoms with Crippen molar-refractivity contribution in [2.45, 2.75) is 12.8 Å². The molecular formula is C14H17FN2O4. The Morgan fingerprint density at radius 1 is 1.43 bits per heavy atom. The number of halogens is 1. The third-order valence-electron chi connectivity index (χ3n) is 3.32. The van der Waals surface area contributed by atoms with Crippen molar-refractivity contribution in [2.75, 3.05) is 25.1 Å². The van der Waals surface area contributed by atoms with Crippen LogP contribution in [0.25, 0.3) is 0 Å². The summed E-state index contributed by atoms with van der Waals surface area (Å²) in [7, 11) is 0. The molecule has 1 aromatic carbocycles. The number of benzene rings is 1. The van der Waals surface area contributed by atoms with E-state index in [1.54, 1.807) is 0 Å². The molecule has 0 aromatic heterocycles. The van der Waals surface area contributed by atoms with Gasteiger partial charge in [-0.2, -0.15) is 0 Å². The molecule has 0 aliphatic carbocycles. The molecule has 1 fully saturated rings. The Bertz CT molecular complexity index is 530. The summed E-state index contributed by atoms with van der Waals surface area (Å²) in [6.07, 6.45) is 1.83. The lowest BCUT2D eigenvalue weighted by molar-refractivity contribution is 0.0692. The van der Waals surface area contributed by atoms with E-state index in [1.807, 2.05) is 0 Å². The average molecular weight is 296 g/mol. The molecular weight excluding hydrogens is 279 g/mol. The van der Waals surface area contributed by atoms with Gasteiger partial charge < -0.3 is 20.5 Å². The van der Waals surface area contributed by atoms with Gasteiger partial charge in [0.05, 0.1) is 5.56 Å². The number of urea groups is 1. The second-order valence-corrected chi connectivity index (χ2v) is 4.90. The molecule has 1 unspecified atom stereocenters. The van der Waals surface area contributed by atoms with Crippen LogP contribution >= 0.6 is 0 Å². The van der Waals surface area contributed by atoms with Crippen LogP contribution in [0.5, 0.6) is 0 Å². The number of hydrogen-bond donors (Lipinski definition) is 3. The first kappa shape index (κ1) is 15.2. The number of carboxylic acid groups (broad SMARTS) is 1. The molecule has 6 nitrogen and oxygen atoms in total. The molecule has 1 heterocycles. The zero-order valence-electron chi connectivity index (χ0n) is 11.4. The molecule has 0 radical (unpaired) electrons. The largest absolute Gasteiger partial charge is 0.478 e. The van der Waals surface area contributed by atoms with Gasteiger partial charge in [0.1, 0.15) is 5.82 Å². The van der Waals surface area contributed by atoms with Crippen LogP contribution in [0.15, 0.2) is 18.2 Å². The van der Waals surface area contributed by atoms with Gasteiger partial charge in [-0.25, -0.2) is 14.0 Å². The van der Waals surface area contributed by atoms with Crippen molar-refractivity contribution in [3.63, 3.8) is 0 Å². The first-order chi connectivity index (χ1) is 10.1. The summed E-state index contributed by atoms with van der Waals surface area (Å²) < 4.78 is 18.4. The van der Waals surface area contributed by atoms with Gasteiger partial charge in [-0.05, 0) is 37.0 Å². The third-order valence-corrected chi connectivity index (χ3v) is 3.32. The Kier molecular flexibility index (Phi) is 5.10. The van der Waals surface area contributed by atoms with Crippen molar-refractivity contribution in [1.82, 2.24) is 5.32 Å². The van der Waals surface area contributed by atoms with E-state index in [2.05, 4.69) is 10.6 Å². The van der Waals surface area contributed by atoms with Crippen molar-refractivity contribution in [3.8, 4) is 0 Å². The van der Waals surface area contributed by atoms with Gasteiger partial charge in [-0.3, -0.25) is 0 Å². The summed E-state index contributed by atoms with van der Waals surface area (Å²) in [5.74, 6) is -1.75. The predicted molar refractivity (Wildman–Crippen MR) is 73.9 cm³/mol. The molecule has 0 bridgehead atoms. The zero-order chi connectivity index (χ0) is 15.2. The molecule has 0 spiro atoms. The lowest BCUT2D eigenvalue weighted by Gasteiger charge is -2.10. The van der Waals surface area contributed by atoms with E-state index in [4.69, 9.17) is 9.84 Å². The second-order valence-electron chi connectivity index (χ2n) is 4.90. The maximum absolute atomic E-state index is 13.2. The fourth-order valence-electron chi connectivity index (χ4n) is 2.14. The Hall–Kier alpha value is -2.15. The van der Waals surface area contributed by atoms with Gasteiger partial charge in [0.15, 0.2) is 0 Å². The first-order valence-corrected chi connectivity index (χ1v) is 6.71. The highest BCUT2D eigenvalue weighted by Gasteiger charge is 2.15. The van der Waals surface area contributed by atoms with E-state index in [0.29, 0.717) is 12.5 Å². The van der Waals surface area contributed by atoms with Crippen molar-refractivity contribution in [2.24, 2.45) is 5.92 Å². The molecule has 1 aliphatic heterocycles. The minimum Gasteiger partial charge on any atom is -0.478 e. The van der Waals surface area contributed by atoms with Crippen LogP contribution in [0.4, 0.5) is 14.9 Å². The normalized spacial score (nSPS) is 17.5. The van der Waals surface area contributed by atoms with Crippen LogP contribution in [0.2, 0.25) is 0 Å². The quantitative estimate of drug-likeness (QED) is 0.776. The molecule has 0 saturated carbocycles. The van der Waals surface area contributed by atoms with Crippen molar-refractivity contribution < 1.29 is 23.8 Å². The second kappa shape index (κ2) is 7.03. The maximum atomic E-state index is 13.2. The Morgan fingerprint density at radius 3 is 2.90 bits per heavy atom. The summed E-state index contributed by atoms with van der Waals surface area (Å²) in [4.78, 5) is 22.5. The number of hydrogen-bond acceptors (Lipinski definition) is 3. The van der Waals surface area contributed by atoms with Crippen molar-refractivity contribution >= 4 is 17.7 Å². The van der Waals surface area contributed by atoms with E-state index in [-0.39, 0.29) is 5.69 Å². The van der Waals surface area contributed by atoms with Crippen LogP contribution in [-0.2, 0) is 4.74 Å². The molecule has 1 aromatic rings. The van der Waals surface area contributed by atoms with Crippen LogP contribution in [0.1, 0.15) is 23.2 Å². The number of ether oxygens (including phenoxy) is 1. The summed E-state index contributed by atoms with van der Waals surface area (Å²) in [5.41, 5.74) is -0.244. The van der Waals surface area contributed by atoms with E-state index < -0.39 is 23.4 Å². The molecule has 21 heavy (non-hydrogen) atoms. The predicted octanol–water partition coefficient (Wildman–Crippen LogP) is 2.07. The zero-order valence-corrected chi connectivity index (χ0v) is 11.4. The van der Waals surface area contributed by atoms with Crippen LogP contribution < -0.4 is 10.6 Å². The van der Waals surface area contributed by atoms with Gasteiger partial charge in [0.2, 0.25) is 0 Å². The monoisotopic (exact) mass is 296 g/mol. The molecule has 1 saturated heterocycles. The summed E-state index contributed by atoms with van der Waals surface area (Å²) in [6, 6.07) is 2.96. The minimum atomic E-state index is -1.38. The van der Waals surface area contributed by atoms with Gasteiger partial charge in [-0.15, -0.1) is 0 Å². The number of amides is 2. The summed E-state index contributed by atoms with van der Waals surface area (Å²) >= 11 is 0. The fraction of sp³-hybridized carbons (Fsp3) is 0.429. The van der Waals surface area contributed by atoms with Crippen LogP contribution in [0.3, 0.4) is 0 Å². The third kappa shape index (κ3) is 4.42. The Morgan fingerprint density at radius 2 is 2.24 bits per heavy atom. The number of rotatable bonds is 5. The standard InChI is InChI=1S/C14H17FN2O4/c15-12-2-1-10(7-11(12)13(18)19)17-14(20)16-5-3-9-4-6-21-8-9/h1-2,7,9H,3-6,8H2,(H,18,19)(H2,16,17,20). The molecule has 1 aliphatic rings. The minimum absolute atomic E-state index is 0.232. The lowest BCUT2D eigenvalue weighted by Crippen LogP contribution is -2.30. The maximum Gasteiger partial charge on any atom is 0.338 e. The topological polar surface area (TPSA) is 87.7 Å². The molecule has 1 atom stereocenters. The fourth-order valence-corrected chi connectivity index (χ4v) is 2.14. The molecule has 2 amide bonds. The van der Waals surface area contributed by atoms with Crippen molar-refractivity contribution in [3.05, 3.63) is 29.6 Å². The first-order valence-electron chi connectivity index (χ1n) is 6.71. The number of nitrogens with one attached hydrogen (secondary N) is 2. The molecule has 114 valence electrons. The number of anilines is 1. The number of aromatic carboxylic acids is 1. The molecule has 7 heteroatoms. The van der Waals surface area contributed by atoms with E-state index in [0.717, 1.165) is 38.2 Å². The van der Waals surface area contributed by atoms with E-state index in [1.165, 1.54) is 6.07 Å². The van der Waals surface area contributed by atoms with Gasteiger partial charge in [-0.1, -0.05) is 0 Å². The Labute approximate surface area is 121 Å². The number of carbonyl (C=O) groups excluding carboxylic acids is 1. The molecule has 2 rings (SSSR count). The summed E-state index contributed by atoms with van der Waals surface area (Å²) in [6.45, 7) is 2.00. The molecule has 3 N–H and O–H groups in total. The Balaban J connectivity index is 1.81. The SMILES string of the molecule is O=C(NCCC1CCOC1)Nc1ccc(F)c(C(=O)O)c1. The lowest BCUT2D eigenvalue weighted by atomic mass is 10.1. The van der Waals surface area contributed by atoms with Gasteiger partial charge in [0, 0.05) is 25.4 Å². The highest BCUT2D eigenvalue weighted by Crippen LogP contribution is 2.16. The number of carbonyl (C=O) groups is 2. The van der Waals surface area contributed by atoms with Crippen LogP contribution in [0, 0.1) is 11.7 Å². The van der Waals surface area contributed by atoms with Gasteiger partial charge >= 0.3 is 12.0 Å². The van der Waals surface area contributed by atoms with Crippen molar-refractivity contribution in [1.29, 1.82) is 0 Å². The number of carboxylic acids is 1. The van der Waals surface area contributed by atoms with E-state index >= 15 is 0 Å². The smallest absolute Gasteiger partial charge is 0.338 e.